The number of amides is 1. The van der Waals surface area contributed by atoms with Gasteiger partial charge in [-0.15, -0.1) is 0 Å². The first-order valence-electron chi connectivity index (χ1n) is 9.40. The lowest BCUT2D eigenvalue weighted by atomic mass is 9.81. The molecule has 1 amide bonds. The molecule has 0 spiro atoms. The fraction of sp³-hybridized carbons (Fsp3) is 0.381. The summed E-state index contributed by atoms with van der Waals surface area (Å²) in [5.41, 5.74) is -0.764. The Kier molecular flexibility index (Phi) is 4.90. The van der Waals surface area contributed by atoms with Gasteiger partial charge < -0.3 is 19.5 Å². The maximum absolute atomic E-state index is 12.5. The van der Waals surface area contributed by atoms with Gasteiger partial charge in [0, 0.05) is 25.4 Å². The van der Waals surface area contributed by atoms with E-state index in [9.17, 15) is 14.7 Å². The molecule has 4 rings (SSSR count). The Bertz CT molecular complexity index is 855. The highest BCUT2D eigenvalue weighted by molar-refractivity contribution is 5.82. The zero-order valence-electron chi connectivity index (χ0n) is 15.4. The van der Waals surface area contributed by atoms with E-state index in [0.717, 1.165) is 12.8 Å². The van der Waals surface area contributed by atoms with Gasteiger partial charge in [0.1, 0.15) is 11.5 Å². The van der Waals surface area contributed by atoms with E-state index in [1.54, 1.807) is 41.4 Å². The van der Waals surface area contributed by atoms with E-state index in [2.05, 4.69) is 4.98 Å². The number of benzene rings is 1. The maximum atomic E-state index is 12.5. The normalized spacial score (nSPS) is 23.3. The van der Waals surface area contributed by atoms with Crippen molar-refractivity contribution in [2.75, 3.05) is 19.7 Å². The molecule has 1 aromatic carbocycles. The Morgan fingerprint density at radius 1 is 1.18 bits per heavy atom. The van der Waals surface area contributed by atoms with E-state index in [0.29, 0.717) is 30.3 Å². The largest absolute Gasteiger partial charge is 0.484 e. The average molecular weight is 382 g/mol. The Morgan fingerprint density at radius 3 is 2.64 bits per heavy atom. The number of fused-ring (bicyclic) bond motifs is 1. The van der Waals surface area contributed by atoms with Crippen molar-refractivity contribution in [3.63, 3.8) is 0 Å². The first-order chi connectivity index (χ1) is 13.6. The zero-order valence-corrected chi connectivity index (χ0v) is 15.4. The molecule has 1 saturated carbocycles. The summed E-state index contributed by atoms with van der Waals surface area (Å²) in [6.07, 6.45) is 4.09. The molecule has 2 fully saturated rings. The van der Waals surface area contributed by atoms with E-state index in [1.165, 1.54) is 0 Å². The van der Waals surface area contributed by atoms with Crippen molar-refractivity contribution in [2.45, 2.75) is 19.3 Å². The number of carboxylic acids is 1. The van der Waals surface area contributed by atoms with Crippen molar-refractivity contribution < 1.29 is 24.2 Å². The smallest absolute Gasteiger partial charge is 0.311 e. The molecule has 146 valence electrons. The molecule has 1 aliphatic heterocycles. The second kappa shape index (κ2) is 7.50. The predicted molar refractivity (Wildman–Crippen MR) is 100 cm³/mol. The SMILES string of the molecule is O=C(COc1ccc(Oc2ccccn2)cc1)N1C[C@@H]2CCC[C@@]2(C(=O)O)C1. The van der Waals surface area contributed by atoms with Crippen molar-refractivity contribution in [2.24, 2.45) is 11.3 Å². The van der Waals surface area contributed by atoms with Gasteiger partial charge in [-0.3, -0.25) is 9.59 Å². The van der Waals surface area contributed by atoms with E-state index < -0.39 is 11.4 Å². The van der Waals surface area contributed by atoms with Crippen LogP contribution in [0.25, 0.3) is 0 Å². The summed E-state index contributed by atoms with van der Waals surface area (Å²) < 4.78 is 11.2. The van der Waals surface area contributed by atoms with Gasteiger partial charge in [0.25, 0.3) is 5.91 Å². The van der Waals surface area contributed by atoms with Crippen LogP contribution in [0.4, 0.5) is 0 Å². The fourth-order valence-electron chi connectivity index (χ4n) is 4.20. The second-order valence-electron chi connectivity index (χ2n) is 7.35. The summed E-state index contributed by atoms with van der Waals surface area (Å²) in [6, 6.07) is 12.4. The van der Waals surface area contributed by atoms with Crippen LogP contribution in [0.15, 0.2) is 48.7 Å². The van der Waals surface area contributed by atoms with Gasteiger partial charge in [0.05, 0.1) is 5.41 Å². The van der Waals surface area contributed by atoms with Crippen molar-refractivity contribution in [3.8, 4) is 17.4 Å². The molecule has 28 heavy (non-hydrogen) atoms. The van der Waals surface area contributed by atoms with Gasteiger partial charge in [0.2, 0.25) is 5.88 Å². The minimum absolute atomic E-state index is 0.0528. The van der Waals surface area contributed by atoms with Gasteiger partial charge in [-0.25, -0.2) is 4.98 Å². The van der Waals surface area contributed by atoms with Gasteiger partial charge in [0.15, 0.2) is 6.61 Å². The molecule has 1 aromatic heterocycles. The number of carbonyl (C=O) groups excluding carboxylic acids is 1. The number of likely N-dealkylation sites (tertiary alicyclic amines) is 1. The summed E-state index contributed by atoms with van der Waals surface area (Å²) in [5, 5.41) is 9.63. The number of nitrogens with zero attached hydrogens (tertiary/aromatic N) is 2. The molecule has 1 aliphatic carbocycles. The highest BCUT2D eigenvalue weighted by Gasteiger charge is 2.55. The molecular weight excluding hydrogens is 360 g/mol. The van der Waals surface area contributed by atoms with E-state index in [4.69, 9.17) is 9.47 Å². The lowest BCUT2D eigenvalue weighted by molar-refractivity contribution is -0.149. The number of hydrogen-bond acceptors (Lipinski definition) is 5. The summed E-state index contributed by atoms with van der Waals surface area (Å²) in [6.45, 7) is 0.681. The van der Waals surface area contributed by atoms with Crippen LogP contribution >= 0.6 is 0 Å². The average Bonchev–Trinajstić information content (AvgIpc) is 3.27. The number of rotatable bonds is 6. The van der Waals surface area contributed by atoms with Crippen LogP contribution in [-0.2, 0) is 9.59 Å². The van der Waals surface area contributed by atoms with Crippen LogP contribution in [0, 0.1) is 11.3 Å². The van der Waals surface area contributed by atoms with Crippen LogP contribution in [0.2, 0.25) is 0 Å². The van der Waals surface area contributed by atoms with Crippen molar-refractivity contribution >= 4 is 11.9 Å². The molecule has 2 heterocycles. The van der Waals surface area contributed by atoms with E-state index in [-0.39, 0.29) is 25.0 Å². The number of hydrogen-bond donors (Lipinski definition) is 1. The number of carbonyl (C=O) groups is 2. The molecule has 0 bridgehead atoms. The molecular formula is C21H22N2O5. The number of aliphatic carboxylic acids is 1. The number of carboxylic acid groups (broad SMARTS) is 1. The highest BCUT2D eigenvalue weighted by atomic mass is 16.5. The predicted octanol–water partition coefficient (Wildman–Crippen LogP) is 2.97. The highest BCUT2D eigenvalue weighted by Crippen LogP contribution is 2.48. The van der Waals surface area contributed by atoms with Gasteiger partial charge in [-0.1, -0.05) is 12.5 Å². The Balaban J connectivity index is 1.31. The third-order valence-corrected chi connectivity index (χ3v) is 5.70. The third kappa shape index (κ3) is 3.52. The topological polar surface area (TPSA) is 89.0 Å². The van der Waals surface area contributed by atoms with Gasteiger partial charge >= 0.3 is 5.97 Å². The molecule has 0 unspecified atom stereocenters. The third-order valence-electron chi connectivity index (χ3n) is 5.70. The van der Waals surface area contributed by atoms with Crippen LogP contribution in [0.1, 0.15) is 19.3 Å². The molecule has 2 aromatic rings. The van der Waals surface area contributed by atoms with E-state index >= 15 is 0 Å². The summed E-state index contributed by atoms with van der Waals surface area (Å²) >= 11 is 0. The van der Waals surface area contributed by atoms with Crippen LogP contribution < -0.4 is 9.47 Å². The minimum Gasteiger partial charge on any atom is -0.484 e. The Hall–Kier alpha value is -3.09. The summed E-state index contributed by atoms with van der Waals surface area (Å²) in [7, 11) is 0. The Morgan fingerprint density at radius 2 is 1.96 bits per heavy atom. The van der Waals surface area contributed by atoms with Gasteiger partial charge in [-0.2, -0.15) is 0 Å². The zero-order chi connectivity index (χ0) is 19.6. The standard InChI is InChI=1S/C21H22N2O5/c24-19(23-12-15-4-3-10-21(15,14-23)20(25)26)13-27-16-6-8-17(9-7-16)28-18-5-1-2-11-22-18/h1-2,5-9,11,15H,3-4,10,12-14H2,(H,25,26)/t15-,21+/m0/s1. The lowest BCUT2D eigenvalue weighted by Gasteiger charge is -2.23. The molecule has 2 atom stereocenters. The molecule has 7 nitrogen and oxygen atoms in total. The monoisotopic (exact) mass is 382 g/mol. The second-order valence-corrected chi connectivity index (χ2v) is 7.35. The summed E-state index contributed by atoms with van der Waals surface area (Å²) in [5.74, 6) is 0.760. The first kappa shape index (κ1) is 18.3. The Labute approximate surface area is 162 Å². The number of ether oxygens (including phenoxy) is 2. The number of pyridine rings is 1. The van der Waals surface area contributed by atoms with Gasteiger partial charge in [-0.05, 0) is 49.1 Å². The van der Waals surface area contributed by atoms with Crippen molar-refractivity contribution in [1.82, 2.24) is 9.88 Å². The fourth-order valence-corrected chi connectivity index (χ4v) is 4.20. The quantitative estimate of drug-likeness (QED) is 0.826. The molecule has 0 radical (unpaired) electrons. The van der Waals surface area contributed by atoms with Crippen molar-refractivity contribution in [1.29, 1.82) is 0 Å². The van der Waals surface area contributed by atoms with Crippen molar-refractivity contribution in [3.05, 3.63) is 48.7 Å². The molecule has 7 heteroatoms. The molecule has 2 aliphatic rings. The van der Waals surface area contributed by atoms with E-state index in [1.807, 2.05) is 12.1 Å². The maximum Gasteiger partial charge on any atom is 0.311 e. The first-order valence-corrected chi connectivity index (χ1v) is 9.40. The summed E-state index contributed by atoms with van der Waals surface area (Å²) in [4.78, 5) is 30.0. The minimum atomic E-state index is -0.783. The van der Waals surface area contributed by atoms with Crippen LogP contribution in [-0.4, -0.2) is 46.6 Å². The molecule has 1 saturated heterocycles. The lowest BCUT2D eigenvalue weighted by Crippen LogP contribution is -2.38. The molecule has 1 N–H and O–H groups in total. The number of aromatic nitrogens is 1. The van der Waals surface area contributed by atoms with Crippen LogP contribution in [0.3, 0.4) is 0 Å². The van der Waals surface area contributed by atoms with Crippen LogP contribution in [0.5, 0.6) is 17.4 Å².